The van der Waals surface area contributed by atoms with Gasteiger partial charge in [0.25, 0.3) is 5.69 Å². The van der Waals surface area contributed by atoms with Crippen LogP contribution in [0.5, 0.6) is 5.75 Å². The lowest BCUT2D eigenvalue weighted by molar-refractivity contribution is -0.385. The van der Waals surface area contributed by atoms with Gasteiger partial charge < -0.3 is 9.64 Å². The van der Waals surface area contributed by atoms with E-state index in [0.29, 0.717) is 12.6 Å². The first-order valence-electron chi connectivity index (χ1n) is 5.35. The maximum absolute atomic E-state index is 12.7. The van der Waals surface area contributed by atoms with E-state index in [1.807, 2.05) is 0 Å². The summed E-state index contributed by atoms with van der Waals surface area (Å²) in [7, 11) is 3.48. The molecule has 0 N–H and O–H groups in total. The normalized spacial score (nSPS) is 11.7. The van der Waals surface area contributed by atoms with E-state index in [2.05, 4.69) is 0 Å². The number of nitro benzene ring substituents is 1. The van der Waals surface area contributed by atoms with Crippen LogP contribution >= 0.6 is 0 Å². The van der Waals surface area contributed by atoms with Gasteiger partial charge in [0.15, 0.2) is 0 Å². The van der Waals surface area contributed by atoms with Crippen LogP contribution < -0.4 is 4.74 Å². The van der Waals surface area contributed by atoms with E-state index in [1.165, 1.54) is 0 Å². The summed E-state index contributed by atoms with van der Waals surface area (Å²) in [5, 5.41) is 10.6. The maximum Gasteiger partial charge on any atom is 0.419 e. The number of nitrogens with zero attached hydrogens (tertiary/aromatic N) is 2. The molecule has 0 saturated heterocycles. The quantitative estimate of drug-likeness (QED) is 0.613. The van der Waals surface area contributed by atoms with E-state index in [0.717, 1.165) is 12.1 Å². The third-order valence-electron chi connectivity index (χ3n) is 2.28. The molecule has 1 rings (SSSR count). The van der Waals surface area contributed by atoms with Crippen molar-refractivity contribution in [1.82, 2.24) is 4.90 Å². The smallest absolute Gasteiger partial charge is 0.419 e. The first-order valence-corrected chi connectivity index (χ1v) is 5.35. The number of benzene rings is 1. The van der Waals surface area contributed by atoms with Gasteiger partial charge in [-0.2, -0.15) is 13.2 Å². The molecule has 8 heteroatoms. The SMILES string of the molecule is CN(C)CCOc1cc([N+](=O)[O-])ccc1C(F)(F)F. The first-order chi connectivity index (χ1) is 8.71. The Morgan fingerprint density at radius 1 is 1.37 bits per heavy atom. The lowest BCUT2D eigenvalue weighted by atomic mass is 10.1. The van der Waals surface area contributed by atoms with E-state index in [9.17, 15) is 23.3 Å². The molecule has 0 spiro atoms. The fourth-order valence-electron chi connectivity index (χ4n) is 1.32. The van der Waals surface area contributed by atoms with E-state index < -0.39 is 28.1 Å². The van der Waals surface area contributed by atoms with Gasteiger partial charge in [0.2, 0.25) is 0 Å². The Balaban J connectivity index is 3.01. The second-order valence-electron chi connectivity index (χ2n) is 4.09. The Morgan fingerprint density at radius 2 is 2.00 bits per heavy atom. The summed E-state index contributed by atoms with van der Waals surface area (Å²) in [6, 6.07) is 2.25. The predicted octanol–water partition coefficient (Wildman–Crippen LogP) is 2.55. The zero-order valence-corrected chi connectivity index (χ0v) is 10.4. The lowest BCUT2D eigenvalue weighted by Crippen LogP contribution is -2.20. The zero-order valence-electron chi connectivity index (χ0n) is 10.4. The van der Waals surface area contributed by atoms with Gasteiger partial charge in [-0.05, 0) is 20.2 Å². The Labute approximate surface area is 107 Å². The van der Waals surface area contributed by atoms with Crippen LogP contribution in [-0.4, -0.2) is 37.1 Å². The number of hydrogen-bond acceptors (Lipinski definition) is 4. The molecular weight excluding hydrogens is 265 g/mol. The van der Waals surface area contributed by atoms with Gasteiger partial charge in [-0.15, -0.1) is 0 Å². The predicted molar refractivity (Wildman–Crippen MR) is 62.1 cm³/mol. The number of likely N-dealkylation sites (N-methyl/N-ethyl adjacent to an activating group) is 1. The molecule has 0 aliphatic heterocycles. The number of alkyl halides is 3. The van der Waals surface area contributed by atoms with Gasteiger partial charge in [0.1, 0.15) is 12.4 Å². The van der Waals surface area contributed by atoms with Gasteiger partial charge in [-0.25, -0.2) is 0 Å². The molecule has 0 heterocycles. The summed E-state index contributed by atoms with van der Waals surface area (Å²) >= 11 is 0. The average molecular weight is 278 g/mol. The van der Waals surface area contributed by atoms with Crippen LogP contribution in [0, 0.1) is 10.1 Å². The van der Waals surface area contributed by atoms with Crippen molar-refractivity contribution < 1.29 is 22.8 Å². The van der Waals surface area contributed by atoms with Gasteiger partial charge in [-0.3, -0.25) is 10.1 Å². The molecule has 0 saturated carbocycles. The van der Waals surface area contributed by atoms with Crippen LogP contribution in [0.15, 0.2) is 18.2 Å². The molecular formula is C11H13F3N2O3. The minimum Gasteiger partial charge on any atom is -0.491 e. The lowest BCUT2D eigenvalue weighted by Gasteiger charge is -2.15. The van der Waals surface area contributed by atoms with Crippen molar-refractivity contribution in [2.24, 2.45) is 0 Å². The molecule has 106 valence electrons. The number of non-ortho nitro benzene ring substituents is 1. The topological polar surface area (TPSA) is 55.6 Å². The molecule has 1 aromatic rings. The monoisotopic (exact) mass is 278 g/mol. The number of nitro groups is 1. The van der Waals surface area contributed by atoms with E-state index in [1.54, 1.807) is 19.0 Å². The minimum absolute atomic E-state index is 0.0112. The summed E-state index contributed by atoms with van der Waals surface area (Å²) in [6.45, 7) is 0.414. The molecule has 5 nitrogen and oxygen atoms in total. The van der Waals surface area contributed by atoms with Crippen molar-refractivity contribution >= 4 is 5.69 Å². The number of ether oxygens (including phenoxy) is 1. The van der Waals surface area contributed by atoms with Crippen LogP contribution in [0.25, 0.3) is 0 Å². The highest BCUT2D eigenvalue weighted by Gasteiger charge is 2.35. The first kappa shape index (κ1) is 15.2. The van der Waals surface area contributed by atoms with Gasteiger partial charge >= 0.3 is 6.18 Å². The Bertz CT molecular complexity index is 461. The van der Waals surface area contributed by atoms with Crippen molar-refractivity contribution in [2.45, 2.75) is 6.18 Å². The average Bonchev–Trinajstić information content (AvgIpc) is 2.26. The molecule has 0 fully saturated rings. The molecule has 0 amide bonds. The van der Waals surface area contributed by atoms with Crippen molar-refractivity contribution in [2.75, 3.05) is 27.2 Å². The van der Waals surface area contributed by atoms with E-state index in [-0.39, 0.29) is 6.61 Å². The number of hydrogen-bond donors (Lipinski definition) is 0. The third-order valence-corrected chi connectivity index (χ3v) is 2.28. The minimum atomic E-state index is -4.61. The molecule has 19 heavy (non-hydrogen) atoms. The van der Waals surface area contributed by atoms with Gasteiger partial charge in [-0.1, -0.05) is 0 Å². The Hall–Kier alpha value is -1.83. The second-order valence-corrected chi connectivity index (χ2v) is 4.09. The number of halogens is 3. The molecule has 0 aliphatic carbocycles. The Morgan fingerprint density at radius 3 is 2.47 bits per heavy atom. The zero-order chi connectivity index (χ0) is 14.6. The second kappa shape index (κ2) is 5.87. The summed E-state index contributed by atoms with van der Waals surface area (Å²) in [5.74, 6) is -0.524. The van der Waals surface area contributed by atoms with Crippen LogP contribution in [0.2, 0.25) is 0 Å². The highest BCUT2D eigenvalue weighted by molar-refractivity contribution is 5.45. The highest BCUT2D eigenvalue weighted by atomic mass is 19.4. The summed E-state index contributed by atoms with van der Waals surface area (Å²) in [5.41, 5.74) is -1.45. The van der Waals surface area contributed by atoms with Crippen LogP contribution in [0.3, 0.4) is 0 Å². The van der Waals surface area contributed by atoms with Crippen LogP contribution in [0.4, 0.5) is 18.9 Å². The van der Waals surface area contributed by atoms with Crippen molar-refractivity contribution in [3.05, 3.63) is 33.9 Å². The van der Waals surface area contributed by atoms with Crippen LogP contribution in [-0.2, 0) is 6.18 Å². The molecule has 0 aromatic heterocycles. The standard InChI is InChI=1S/C11H13F3N2O3/c1-15(2)5-6-19-10-7-8(16(17)18)3-4-9(10)11(12,13)14/h3-4,7H,5-6H2,1-2H3. The fourth-order valence-corrected chi connectivity index (χ4v) is 1.32. The van der Waals surface area contributed by atoms with E-state index >= 15 is 0 Å². The molecule has 0 aliphatic rings. The summed E-state index contributed by atoms with van der Waals surface area (Å²) < 4.78 is 43.1. The fraction of sp³-hybridized carbons (Fsp3) is 0.455. The van der Waals surface area contributed by atoms with Crippen molar-refractivity contribution in [3.8, 4) is 5.75 Å². The molecule has 0 unspecified atom stereocenters. The molecule has 0 bridgehead atoms. The van der Waals surface area contributed by atoms with E-state index in [4.69, 9.17) is 4.74 Å². The van der Waals surface area contributed by atoms with Crippen molar-refractivity contribution in [3.63, 3.8) is 0 Å². The van der Waals surface area contributed by atoms with Crippen molar-refractivity contribution in [1.29, 1.82) is 0 Å². The highest BCUT2D eigenvalue weighted by Crippen LogP contribution is 2.38. The third kappa shape index (κ3) is 4.40. The Kier molecular flexibility index (Phi) is 4.71. The number of rotatable bonds is 5. The summed E-state index contributed by atoms with van der Waals surface area (Å²) in [6.07, 6.45) is -4.61. The summed E-state index contributed by atoms with van der Waals surface area (Å²) in [4.78, 5) is 11.5. The molecule has 1 aromatic carbocycles. The maximum atomic E-state index is 12.7. The van der Waals surface area contributed by atoms with Crippen LogP contribution in [0.1, 0.15) is 5.56 Å². The van der Waals surface area contributed by atoms with Gasteiger partial charge in [0.05, 0.1) is 16.6 Å². The molecule has 0 radical (unpaired) electrons. The molecule has 0 atom stereocenters. The largest absolute Gasteiger partial charge is 0.491 e. The van der Waals surface area contributed by atoms with Gasteiger partial charge in [0, 0.05) is 12.6 Å².